The fraction of sp³-hybridized carbons (Fsp3) is 0.667. The van der Waals surface area contributed by atoms with Gasteiger partial charge in [0.15, 0.2) is 0 Å². The van der Waals surface area contributed by atoms with E-state index in [2.05, 4.69) is 34.1 Å². The van der Waals surface area contributed by atoms with E-state index in [1.54, 1.807) is 6.33 Å². The molecule has 1 atom stereocenters. The van der Waals surface area contributed by atoms with Gasteiger partial charge in [0.05, 0.1) is 12.7 Å². The van der Waals surface area contributed by atoms with E-state index < -0.39 is 0 Å². The number of hydrogen-bond donors (Lipinski definition) is 2. The maximum Gasteiger partial charge on any atom is 0.148 e. The highest BCUT2D eigenvalue weighted by atomic mass is 16.5. The Morgan fingerprint density at radius 2 is 2.33 bits per heavy atom. The summed E-state index contributed by atoms with van der Waals surface area (Å²) in [5.41, 5.74) is 3.71. The fourth-order valence-corrected chi connectivity index (χ4v) is 2.28. The second-order valence-corrected chi connectivity index (χ2v) is 4.37. The van der Waals surface area contributed by atoms with E-state index in [4.69, 9.17) is 10.6 Å². The van der Waals surface area contributed by atoms with Gasteiger partial charge in [0.1, 0.15) is 18.0 Å². The van der Waals surface area contributed by atoms with E-state index in [-0.39, 0.29) is 6.10 Å². The molecule has 2 heterocycles. The number of anilines is 2. The molecule has 1 aliphatic heterocycles. The normalized spacial score (nSPS) is 19.9. The van der Waals surface area contributed by atoms with Crippen molar-refractivity contribution in [1.82, 2.24) is 9.97 Å². The Labute approximate surface area is 108 Å². The molecule has 2 rings (SSSR count). The molecule has 6 heteroatoms. The van der Waals surface area contributed by atoms with Crippen LogP contribution in [0.4, 0.5) is 11.6 Å². The van der Waals surface area contributed by atoms with Crippen LogP contribution in [0.15, 0.2) is 6.33 Å². The van der Waals surface area contributed by atoms with Gasteiger partial charge in [0, 0.05) is 18.7 Å². The van der Waals surface area contributed by atoms with Crippen molar-refractivity contribution >= 4 is 11.6 Å². The van der Waals surface area contributed by atoms with Crippen LogP contribution in [0.5, 0.6) is 0 Å². The van der Waals surface area contributed by atoms with Crippen LogP contribution in [0.3, 0.4) is 0 Å². The SMILES string of the molecule is CCc1c(NN)ncnc1N1CCOC(CC)C1. The second kappa shape index (κ2) is 5.97. The molecule has 1 saturated heterocycles. The largest absolute Gasteiger partial charge is 0.375 e. The maximum atomic E-state index is 5.68. The summed E-state index contributed by atoms with van der Waals surface area (Å²) in [6.45, 7) is 6.72. The highest BCUT2D eigenvalue weighted by Gasteiger charge is 2.23. The number of nitrogens with zero attached hydrogens (tertiary/aromatic N) is 3. The highest BCUT2D eigenvalue weighted by molar-refractivity contribution is 5.58. The van der Waals surface area contributed by atoms with Gasteiger partial charge in [-0.15, -0.1) is 0 Å². The van der Waals surface area contributed by atoms with Crippen molar-refractivity contribution in [3.8, 4) is 0 Å². The van der Waals surface area contributed by atoms with E-state index in [1.807, 2.05) is 0 Å². The molecule has 0 saturated carbocycles. The minimum atomic E-state index is 0.285. The first-order valence-electron chi connectivity index (χ1n) is 6.47. The quantitative estimate of drug-likeness (QED) is 0.612. The number of morpholine rings is 1. The average Bonchev–Trinajstić information content (AvgIpc) is 2.46. The van der Waals surface area contributed by atoms with Crippen LogP contribution >= 0.6 is 0 Å². The van der Waals surface area contributed by atoms with Crippen LogP contribution in [-0.2, 0) is 11.2 Å². The molecule has 3 N–H and O–H groups in total. The summed E-state index contributed by atoms with van der Waals surface area (Å²) in [7, 11) is 0. The molecular weight excluding hydrogens is 230 g/mol. The molecule has 0 amide bonds. The molecule has 6 nitrogen and oxygen atoms in total. The minimum absolute atomic E-state index is 0.285. The van der Waals surface area contributed by atoms with Crippen LogP contribution in [0.1, 0.15) is 25.8 Å². The first kappa shape index (κ1) is 13.0. The molecule has 1 aromatic heterocycles. The lowest BCUT2D eigenvalue weighted by atomic mass is 10.1. The number of nitrogen functional groups attached to an aromatic ring is 1. The van der Waals surface area contributed by atoms with E-state index >= 15 is 0 Å². The standard InChI is InChI=1S/C12H21N5O/c1-3-9-7-17(5-6-18-9)12-10(4-2)11(16-13)14-8-15-12/h8-9H,3-7,13H2,1-2H3,(H,14,15,16). The monoisotopic (exact) mass is 251 g/mol. The summed E-state index contributed by atoms with van der Waals surface area (Å²) < 4.78 is 5.68. The number of nitrogens with one attached hydrogen (secondary N) is 1. The molecule has 1 unspecified atom stereocenters. The zero-order chi connectivity index (χ0) is 13.0. The van der Waals surface area contributed by atoms with Gasteiger partial charge in [-0.1, -0.05) is 13.8 Å². The molecule has 0 radical (unpaired) electrons. The fourth-order valence-electron chi connectivity index (χ4n) is 2.28. The zero-order valence-corrected chi connectivity index (χ0v) is 11.0. The Morgan fingerprint density at radius 1 is 1.50 bits per heavy atom. The smallest absolute Gasteiger partial charge is 0.148 e. The van der Waals surface area contributed by atoms with E-state index in [1.165, 1.54) is 0 Å². The van der Waals surface area contributed by atoms with Gasteiger partial charge in [0.2, 0.25) is 0 Å². The van der Waals surface area contributed by atoms with Gasteiger partial charge in [-0.3, -0.25) is 0 Å². The summed E-state index contributed by atoms with van der Waals surface area (Å²) in [6, 6.07) is 0. The lowest BCUT2D eigenvalue weighted by Crippen LogP contribution is -2.43. The third kappa shape index (κ3) is 2.54. The van der Waals surface area contributed by atoms with E-state index in [0.29, 0.717) is 5.82 Å². The Balaban J connectivity index is 2.26. The molecule has 0 bridgehead atoms. The van der Waals surface area contributed by atoms with Gasteiger partial charge >= 0.3 is 0 Å². The lowest BCUT2D eigenvalue weighted by molar-refractivity contribution is 0.0381. The van der Waals surface area contributed by atoms with Gasteiger partial charge in [-0.25, -0.2) is 15.8 Å². The van der Waals surface area contributed by atoms with Gasteiger partial charge in [-0.2, -0.15) is 0 Å². The van der Waals surface area contributed by atoms with Crippen LogP contribution < -0.4 is 16.2 Å². The topological polar surface area (TPSA) is 76.3 Å². The second-order valence-electron chi connectivity index (χ2n) is 4.37. The van der Waals surface area contributed by atoms with E-state index in [0.717, 1.165) is 43.9 Å². The van der Waals surface area contributed by atoms with Crippen molar-refractivity contribution in [3.63, 3.8) is 0 Å². The van der Waals surface area contributed by atoms with Crippen molar-refractivity contribution < 1.29 is 4.74 Å². The Kier molecular flexibility index (Phi) is 4.33. The maximum absolute atomic E-state index is 5.68. The first-order valence-corrected chi connectivity index (χ1v) is 6.47. The number of nitrogens with two attached hydrogens (primary N) is 1. The van der Waals surface area contributed by atoms with Crippen molar-refractivity contribution in [2.24, 2.45) is 5.84 Å². The predicted octanol–water partition coefficient (Wildman–Crippen LogP) is 0.940. The lowest BCUT2D eigenvalue weighted by Gasteiger charge is -2.34. The van der Waals surface area contributed by atoms with Gasteiger partial charge < -0.3 is 15.1 Å². The zero-order valence-electron chi connectivity index (χ0n) is 11.0. The molecule has 1 aliphatic rings. The molecular formula is C12H21N5O. The van der Waals surface area contributed by atoms with Crippen molar-refractivity contribution in [2.75, 3.05) is 30.0 Å². The Morgan fingerprint density at radius 3 is 3.00 bits per heavy atom. The van der Waals surface area contributed by atoms with Crippen molar-refractivity contribution in [1.29, 1.82) is 0 Å². The third-order valence-electron chi connectivity index (χ3n) is 3.31. The van der Waals surface area contributed by atoms with Crippen molar-refractivity contribution in [2.45, 2.75) is 32.8 Å². The van der Waals surface area contributed by atoms with E-state index in [9.17, 15) is 0 Å². The molecule has 0 spiro atoms. The van der Waals surface area contributed by atoms with Crippen LogP contribution in [0.25, 0.3) is 0 Å². The van der Waals surface area contributed by atoms with Gasteiger partial charge in [0.25, 0.3) is 0 Å². The summed E-state index contributed by atoms with van der Waals surface area (Å²) in [6.07, 6.45) is 3.71. The highest BCUT2D eigenvalue weighted by Crippen LogP contribution is 2.25. The van der Waals surface area contributed by atoms with Crippen LogP contribution in [0.2, 0.25) is 0 Å². The molecule has 1 aromatic rings. The van der Waals surface area contributed by atoms with Crippen LogP contribution in [-0.4, -0.2) is 35.8 Å². The number of hydrogen-bond acceptors (Lipinski definition) is 6. The first-order chi connectivity index (χ1) is 8.80. The third-order valence-corrected chi connectivity index (χ3v) is 3.31. The Hall–Kier alpha value is -1.40. The summed E-state index contributed by atoms with van der Waals surface area (Å²) in [5, 5.41) is 0. The summed E-state index contributed by atoms with van der Waals surface area (Å²) >= 11 is 0. The Bertz CT molecular complexity index is 398. The average molecular weight is 251 g/mol. The molecule has 0 aromatic carbocycles. The summed E-state index contributed by atoms with van der Waals surface area (Å²) in [5.74, 6) is 7.18. The van der Waals surface area contributed by atoms with Crippen molar-refractivity contribution in [3.05, 3.63) is 11.9 Å². The molecule has 0 aliphatic carbocycles. The number of ether oxygens (including phenoxy) is 1. The summed E-state index contributed by atoms with van der Waals surface area (Å²) in [4.78, 5) is 10.8. The minimum Gasteiger partial charge on any atom is -0.375 e. The molecule has 18 heavy (non-hydrogen) atoms. The number of rotatable bonds is 4. The number of aromatic nitrogens is 2. The molecule has 1 fully saturated rings. The predicted molar refractivity (Wildman–Crippen MR) is 71.5 cm³/mol. The van der Waals surface area contributed by atoms with Gasteiger partial charge in [-0.05, 0) is 12.8 Å². The number of hydrazine groups is 1. The molecule has 100 valence electrons. The van der Waals surface area contributed by atoms with Crippen LogP contribution in [0, 0.1) is 0 Å².